The fourth-order valence-corrected chi connectivity index (χ4v) is 4.11. The van der Waals surface area contributed by atoms with Gasteiger partial charge in [0.25, 0.3) is 11.5 Å². The second kappa shape index (κ2) is 6.94. The highest BCUT2D eigenvalue weighted by molar-refractivity contribution is 5.94. The first-order valence-electron chi connectivity index (χ1n) is 9.34. The van der Waals surface area contributed by atoms with Crippen LogP contribution in [-0.4, -0.2) is 40.9 Å². The lowest BCUT2D eigenvalue weighted by atomic mass is 9.90. The summed E-state index contributed by atoms with van der Waals surface area (Å²) in [5.74, 6) is 0.964. The van der Waals surface area contributed by atoms with E-state index in [1.54, 1.807) is 6.20 Å². The number of piperidine rings is 1. The van der Waals surface area contributed by atoms with Gasteiger partial charge in [0.2, 0.25) is 0 Å². The number of hydrogen-bond acceptors (Lipinski definition) is 4. The molecule has 3 heterocycles. The van der Waals surface area contributed by atoms with Crippen LogP contribution in [0.15, 0.2) is 29.2 Å². The zero-order chi connectivity index (χ0) is 18.1. The van der Waals surface area contributed by atoms with Gasteiger partial charge in [-0.3, -0.25) is 9.59 Å². The number of amides is 1. The molecule has 6 heteroatoms. The number of likely N-dealkylation sites (tertiary alicyclic amines) is 1. The van der Waals surface area contributed by atoms with E-state index in [1.807, 2.05) is 30.1 Å². The number of aryl methyl sites for hydroxylation is 2. The number of carbonyl (C=O) groups is 1. The third kappa shape index (κ3) is 3.11. The molecule has 2 aromatic rings. The standard InChI is InChI=1S/C20H24N4O2/c1-21-18-11-13(7-8-22-18)15-5-3-9-24(12-15)20(26)16-10-14-4-2-6-17(14)23-19(16)25/h7-8,10-11,15H,2-6,9,12H2,1H3,(H,21,22)(H,23,25). The highest BCUT2D eigenvalue weighted by Crippen LogP contribution is 2.28. The maximum absolute atomic E-state index is 13.0. The first kappa shape index (κ1) is 16.8. The minimum atomic E-state index is -0.251. The Morgan fingerprint density at radius 1 is 1.31 bits per heavy atom. The summed E-state index contributed by atoms with van der Waals surface area (Å²) in [6.07, 6.45) is 6.67. The Bertz CT molecular complexity index is 890. The number of fused-ring (bicyclic) bond motifs is 1. The third-order valence-corrected chi connectivity index (χ3v) is 5.54. The third-order valence-electron chi connectivity index (χ3n) is 5.54. The van der Waals surface area contributed by atoms with Crippen molar-refractivity contribution < 1.29 is 4.79 Å². The van der Waals surface area contributed by atoms with Crippen LogP contribution in [0.25, 0.3) is 0 Å². The van der Waals surface area contributed by atoms with Crippen LogP contribution in [0.5, 0.6) is 0 Å². The van der Waals surface area contributed by atoms with Crippen molar-refractivity contribution >= 4 is 11.7 Å². The number of aromatic amines is 1. The molecule has 4 rings (SSSR count). The molecule has 1 saturated heterocycles. The summed E-state index contributed by atoms with van der Waals surface area (Å²) in [6.45, 7) is 1.35. The molecule has 0 spiro atoms. The van der Waals surface area contributed by atoms with E-state index in [-0.39, 0.29) is 22.9 Å². The van der Waals surface area contributed by atoms with E-state index in [2.05, 4.69) is 15.3 Å². The molecule has 0 bridgehead atoms. The molecule has 1 unspecified atom stereocenters. The molecule has 136 valence electrons. The van der Waals surface area contributed by atoms with Gasteiger partial charge < -0.3 is 15.2 Å². The van der Waals surface area contributed by atoms with Gasteiger partial charge in [-0.25, -0.2) is 4.98 Å². The van der Waals surface area contributed by atoms with E-state index in [1.165, 1.54) is 5.56 Å². The molecular weight excluding hydrogens is 328 g/mol. The normalized spacial score (nSPS) is 19.3. The molecule has 2 aromatic heterocycles. The molecule has 1 amide bonds. The molecule has 1 aliphatic heterocycles. The van der Waals surface area contributed by atoms with Crippen molar-refractivity contribution in [1.82, 2.24) is 14.9 Å². The van der Waals surface area contributed by atoms with Gasteiger partial charge in [0.1, 0.15) is 11.4 Å². The van der Waals surface area contributed by atoms with E-state index in [0.29, 0.717) is 13.1 Å². The predicted octanol–water partition coefficient (Wildman–Crippen LogP) is 2.32. The van der Waals surface area contributed by atoms with Gasteiger partial charge in [-0.2, -0.15) is 0 Å². The van der Waals surface area contributed by atoms with Crippen molar-refractivity contribution in [2.24, 2.45) is 0 Å². The Balaban J connectivity index is 1.56. The minimum absolute atomic E-state index is 0.145. The van der Waals surface area contributed by atoms with E-state index >= 15 is 0 Å². The van der Waals surface area contributed by atoms with Crippen LogP contribution >= 0.6 is 0 Å². The van der Waals surface area contributed by atoms with Crippen LogP contribution in [0.3, 0.4) is 0 Å². The van der Waals surface area contributed by atoms with Crippen molar-refractivity contribution in [3.05, 3.63) is 57.1 Å². The molecule has 1 fully saturated rings. The average Bonchev–Trinajstić information content (AvgIpc) is 3.14. The summed E-state index contributed by atoms with van der Waals surface area (Å²) < 4.78 is 0. The number of H-pyrrole nitrogens is 1. The average molecular weight is 352 g/mol. The summed E-state index contributed by atoms with van der Waals surface area (Å²) in [7, 11) is 1.85. The van der Waals surface area contributed by atoms with E-state index in [0.717, 1.165) is 49.2 Å². The van der Waals surface area contributed by atoms with Crippen molar-refractivity contribution in [3.8, 4) is 0 Å². The topological polar surface area (TPSA) is 78.1 Å². The quantitative estimate of drug-likeness (QED) is 0.889. The monoisotopic (exact) mass is 352 g/mol. The highest BCUT2D eigenvalue weighted by atomic mass is 16.2. The van der Waals surface area contributed by atoms with E-state index in [9.17, 15) is 9.59 Å². The maximum atomic E-state index is 13.0. The first-order chi connectivity index (χ1) is 12.7. The lowest BCUT2D eigenvalue weighted by Gasteiger charge is -2.33. The largest absolute Gasteiger partial charge is 0.373 e. The number of nitrogens with zero attached hydrogens (tertiary/aromatic N) is 2. The minimum Gasteiger partial charge on any atom is -0.373 e. The molecule has 1 atom stereocenters. The van der Waals surface area contributed by atoms with Gasteiger partial charge >= 0.3 is 0 Å². The van der Waals surface area contributed by atoms with Gasteiger partial charge in [0.05, 0.1) is 0 Å². The van der Waals surface area contributed by atoms with Crippen LogP contribution in [0.1, 0.15) is 52.4 Å². The van der Waals surface area contributed by atoms with Crippen LogP contribution in [0, 0.1) is 0 Å². The van der Waals surface area contributed by atoms with Crippen molar-refractivity contribution in [2.45, 2.75) is 38.0 Å². The van der Waals surface area contributed by atoms with Crippen molar-refractivity contribution in [2.75, 3.05) is 25.5 Å². The molecular formula is C20H24N4O2. The maximum Gasteiger partial charge on any atom is 0.261 e. The molecule has 26 heavy (non-hydrogen) atoms. The van der Waals surface area contributed by atoms with Gasteiger partial charge in [-0.05, 0) is 61.4 Å². The molecule has 6 nitrogen and oxygen atoms in total. The molecule has 0 radical (unpaired) electrons. The summed E-state index contributed by atoms with van der Waals surface area (Å²) in [5, 5.41) is 3.06. The fraction of sp³-hybridized carbons (Fsp3) is 0.450. The number of nitrogens with one attached hydrogen (secondary N) is 2. The Morgan fingerprint density at radius 2 is 2.19 bits per heavy atom. The van der Waals surface area contributed by atoms with Gasteiger partial charge in [-0.15, -0.1) is 0 Å². The first-order valence-corrected chi connectivity index (χ1v) is 9.34. The fourth-order valence-electron chi connectivity index (χ4n) is 4.11. The SMILES string of the molecule is CNc1cc(C2CCCN(C(=O)c3cc4c([nH]c3=O)CCC4)C2)ccn1. The number of aromatic nitrogens is 2. The van der Waals surface area contributed by atoms with Crippen LogP contribution < -0.4 is 10.9 Å². The number of rotatable bonds is 3. The number of anilines is 1. The lowest BCUT2D eigenvalue weighted by molar-refractivity contribution is 0.0705. The van der Waals surface area contributed by atoms with E-state index in [4.69, 9.17) is 0 Å². The Labute approximate surface area is 152 Å². The Morgan fingerprint density at radius 3 is 3.04 bits per heavy atom. The van der Waals surface area contributed by atoms with Crippen LogP contribution in [0.2, 0.25) is 0 Å². The Kier molecular flexibility index (Phi) is 4.49. The molecule has 0 aromatic carbocycles. The summed E-state index contributed by atoms with van der Waals surface area (Å²) in [6, 6.07) is 5.88. The summed E-state index contributed by atoms with van der Waals surface area (Å²) in [5.41, 5.74) is 3.34. The highest BCUT2D eigenvalue weighted by Gasteiger charge is 2.28. The number of hydrogen-bond donors (Lipinski definition) is 2. The molecule has 1 aliphatic carbocycles. The molecule has 2 aliphatic rings. The smallest absolute Gasteiger partial charge is 0.261 e. The number of pyridine rings is 2. The Hall–Kier alpha value is -2.63. The van der Waals surface area contributed by atoms with E-state index < -0.39 is 0 Å². The van der Waals surface area contributed by atoms with Crippen LogP contribution in [-0.2, 0) is 12.8 Å². The summed E-state index contributed by atoms with van der Waals surface area (Å²) >= 11 is 0. The second-order valence-electron chi connectivity index (χ2n) is 7.18. The zero-order valence-corrected chi connectivity index (χ0v) is 15.0. The van der Waals surface area contributed by atoms with Crippen molar-refractivity contribution in [3.63, 3.8) is 0 Å². The number of carbonyl (C=O) groups excluding carboxylic acids is 1. The lowest BCUT2D eigenvalue weighted by Crippen LogP contribution is -2.41. The predicted molar refractivity (Wildman–Crippen MR) is 101 cm³/mol. The van der Waals surface area contributed by atoms with Gasteiger partial charge in [0, 0.05) is 37.9 Å². The zero-order valence-electron chi connectivity index (χ0n) is 15.0. The van der Waals surface area contributed by atoms with Crippen molar-refractivity contribution in [1.29, 1.82) is 0 Å². The second-order valence-corrected chi connectivity index (χ2v) is 7.18. The molecule has 0 saturated carbocycles. The van der Waals surface area contributed by atoms with Crippen LogP contribution in [0.4, 0.5) is 5.82 Å². The summed E-state index contributed by atoms with van der Waals surface area (Å²) in [4.78, 5) is 34.4. The molecule has 2 N–H and O–H groups in total. The van der Waals surface area contributed by atoms with Gasteiger partial charge in [-0.1, -0.05) is 0 Å². The van der Waals surface area contributed by atoms with Gasteiger partial charge in [0.15, 0.2) is 0 Å².